The number of hydrogen-bond donors (Lipinski definition) is 2. The van der Waals surface area contributed by atoms with Gasteiger partial charge in [-0.25, -0.2) is 4.39 Å². The van der Waals surface area contributed by atoms with E-state index in [1.807, 2.05) is 6.92 Å². The van der Waals surface area contributed by atoms with Gasteiger partial charge in [0.15, 0.2) is 0 Å². The Bertz CT molecular complexity index is 279. The highest BCUT2D eigenvalue weighted by atomic mass is 35.5. The molecule has 1 unspecified atom stereocenters. The lowest BCUT2D eigenvalue weighted by molar-refractivity contribution is 0.238. The second-order valence-corrected chi connectivity index (χ2v) is 3.26. The topological polar surface area (TPSA) is 32.3 Å². The fourth-order valence-corrected chi connectivity index (χ4v) is 1.23. The molecule has 0 aromatic heterocycles. The summed E-state index contributed by atoms with van der Waals surface area (Å²) >= 11 is 0. The Labute approximate surface area is 95.9 Å². The number of hydrogen-bond acceptors (Lipinski definition) is 2. The van der Waals surface area contributed by atoms with E-state index in [4.69, 9.17) is 5.11 Å². The highest BCUT2D eigenvalue weighted by molar-refractivity contribution is 5.85. The van der Waals surface area contributed by atoms with Crippen molar-refractivity contribution in [3.8, 4) is 0 Å². The van der Waals surface area contributed by atoms with Crippen LogP contribution in [0.15, 0.2) is 24.3 Å². The van der Waals surface area contributed by atoms with Gasteiger partial charge < -0.3 is 10.4 Å². The summed E-state index contributed by atoms with van der Waals surface area (Å²) in [4.78, 5) is 0. The van der Waals surface area contributed by atoms with Crippen LogP contribution in [0.2, 0.25) is 0 Å². The van der Waals surface area contributed by atoms with E-state index in [1.54, 1.807) is 18.2 Å². The third-order valence-electron chi connectivity index (χ3n) is 2.25. The van der Waals surface area contributed by atoms with Gasteiger partial charge in [-0.15, -0.1) is 12.4 Å². The Morgan fingerprint density at radius 3 is 2.60 bits per heavy atom. The summed E-state index contributed by atoms with van der Waals surface area (Å²) in [6, 6.07) is 6.71. The first-order valence-corrected chi connectivity index (χ1v) is 4.85. The van der Waals surface area contributed by atoms with Gasteiger partial charge in [0.1, 0.15) is 5.82 Å². The van der Waals surface area contributed by atoms with Crippen molar-refractivity contribution in [1.82, 2.24) is 5.32 Å². The lowest BCUT2D eigenvalue weighted by atomic mass is 10.2. The zero-order valence-corrected chi connectivity index (χ0v) is 9.56. The molecule has 86 valence electrons. The Balaban J connectivity index is 0.00000196. The van der Waals surface area contributed by atoms with Gasteiger partial charge in [0.2, 0.25) is 0 Å². The monoisotopic (exact) mass is 233 g/mol. The van der Waals surface area contributed by atoms with Crippen molar-refractivity contribution in [2.24, 2.45) is 0 Å². The largest absolute Gasteiger partial charge is 0.395 e. The molecule has 0 aliphatic carbocycles. The van der Waals surface area contributed by atoms with E-state index in [1.165, 1.54) is 6.07 Å². The average molecular weight is 234 g/mol. The molecular weight excluding hydrogens is 217 g/mol. The Hall–Kier alpha value is -0.640. The Morgan fingerprint density at radius 1 is 1.40 bits per heavy atom. The number of aliphatic hydroxyl groups is 1. The van der Waals surface area contributed by atoms with E-state index in [0.29, 0.717) is 12.1 Å². The number of benzene rings is 1. The molecule has 0 spiro atoms. The highest BCUT2D eigenvalue weighted by Crippen LogP contribution is 2.06. The van der Waals surface area contributed by atoms with Crippen LogP contribution in [-0.2, 0) is 6.54 Å². The molecule has 0 heterocycles. The number of aliphatic hydroxyl groups excluding tert-OH is 1. The first-order chi connectivity index (χ1) is 6.77. The molecule has 15 heavy (non-hydrogen) atoms. The second-order valence-electron chi connectivity index (χ2n) is 3.26. The number of rotatable bonds is 5. The van der Waals surface area contributed by atoms with Gasteiger partial charge in [-0.05, 0) is 12.5 Å². The molecule has 1 rings (SSSR count). The molecule has 0 saturated heterocycles. The fourth-order valence-electron chi connectivity index (χ4n) is 1.23. The van der Waals surface area contributed by atoms with Gasteiger partial charge in [0.25, 0.3) is 0 Å². The molecule has 0 saturated carbocycles. The maximum absolute atomic E-state index is 13.1. The van der Waals surface area contributed by atoms with E-state index in [9.17, 15) is 4.39 Å². The molecule has 1 aromatic rings. The number of halogens is 2. The van der Waals surface area contributed by atoms with Crippen molar-refractivity contribution in [3.63, 3.8) is 0 Å². The molecule has 2 nitrogen and oxygen atoms in total. The van der Waals surface area contributed by atoms with Gasteiger partial charge in [-0.1, -0.05) is 25.1 Å². The van der Waals surface area contributed by atoms with Gasteiger partial charge >= 0.3 is 0 Å². The summed E-state index contributed by atoms with van der Waals surface area (Å²) in [6.45, 7) is 2.53. The second kappa shape index (κ2) is 7.63. The standard InChI is InChI=1S/C11H16FNO.ClH/c1-2-10(8-14)13-7-9-5-3-4-6-11(9)12;/h3-6,10,13-14H,2,7-8H2,1H3;1H. The first kappa shape index (κ1) is 14.4. The normalized spacial score (nSPS) is 11.9. The maximum atomic E-state index is 13.1. The third-order valence-corrected chi connectivity index (χ3v) is 2.25. The molecule has 0 bridgehead atoms. The molecule has 2 N–H and O–H groups in total. The average Bonchev–Trinajstić information content (AvgIpc) is 2.22. The lowest BCUT2D eigenvalue weighted by Gasteiger charge is -2.13. The minimum absolute atomic E-state index is 0. The van der Waals surface area contributed by atoms with Gasteiger partial charge in [0.05, 0.1) is 6.61 Å². The highest BCUT2D eigenvalue weighted by Gasteiger charge is 2.05. The minimum Gasteiger partial charge on any atom is -0.395 e. The van der Waals surface area contributed by atoms with Crippen molar-refractivity contribution >= 4 is 12.4 Å². The van der Waals surface area contributed by atoms with E-state index in [0.717, 1.165) is 6.42 Å². The van der Waals surface area contributed by atoms with Crippen LogP contribution in [0.3, 0.4) is 0 Å². The van der Waals surface area contributed by atoms with Crippen LogP contribution in [0, 0.1) is 5.82 Å². The summed E-state index contributed by atoms with van der Waals surface area (Å²) in [5.41, 5.74) is 0.638. The van der Waals surface area contributed by atoms with Gasteiger partial charge in [0, 0.05) is 18.2 Å². The summed E-state index contributed by atoms with van der Waals surface area (Å²) in [5, 5.41) is 12.0. The van der Waals surface area contributed by atoms with E-state index >= 15 is 0 Å². The summed E-state index contributed by atoms with van der Waals surface area (Å²) in [6.07, 6.45) is 0.838. The molecule has 0 fully saturated rings. The predicted molar refractivity (Wildman–Crippen MR) is 61.7 cm³/mol. The van der Waals surface area contributed by atoms with Gasteiger partial charge in [-0.2, -0.15) is 0 Å². The maximum Gasteiger partial charge on any atom is 0.127 e. The Kier molecular flexibility index (Phi) is 7.30. The molecule has 1 atom stereocenters. The SMILES string of the molecule is CCC(CO)NCc1ccccc1F.Cl. The molecule has 0 radical (unpaired) electrons. The minimum atomic E-state index is -0.201. The smallest absolute Gasteiger partial charge is 0.127 e. The predicted octanol–water partition coefficient (Wildman–Crippen LogP) is 2.11. The van der Waals surface area contributed by atoms with Crippen molar-refractivity contribution in [1.29, 1.82) is 0 Å². The molecule has 1 aromatic carbocycles. The molecule has 0 amide bonds. The van der Waals surface area contributed by atoms with E-state index in [2.05, 4.69) is 5.32 Å². The molecule has 4 heteroatoms. The van der Waals surface area contributed by atoms with E-state index in [-0.39, 0.29) is 30.9 Å². The van der Waals surface area contributed by atoms with Crippen LogP contribution in [0.1, 0.15) is 18.9 Å². The zero-order chi connectivity index (χ0) is 10.4. The van der Waals surface area contributed by atoms with Crippen LogP contribution in [0.25, 0.3) is 0 Å². The van der Waals surface area contributed by atoms with Crippen molar-refractivity contribution in [2.75, 3.05) is 6.61 Å². The first-order valence-electron chi connectivity index (χ1n) is 4.85. The van der Waals surface area contributed by atoms with Crippen LogP contribution >= 0.6 is 12.4 Å². The van der Waals surface area contributed by atoms with Crippen molar-refractivity contribution < 1.29 is 9.50 Å². The van der Waals surface area contributed by atoms with Gasteiger partial charge in [-0.3, -0.25) is 0 Å². The third kappa shape index (κ3) is 4.60. The van der Waals surface area contributed by atoms with Crippen LogP contribution in [0.5, 0.6) is 0 Å². The quantitative estimate of drug-likeness (QED) is 0.817. The molecule has 0 aliphatic heterocycles. The lowest BCUT2D eigenvalue weighted by Crippen LogP contribution is -2.31. The van der Waals surface area contributed by atoms with E-state index < -0.39 is 0 Å². The fraction of sp³-hybridized carbons (Fsp3) is 0.455. The van der Waals surface area contributed by atoms with Crippen LogP contribution < -0.4 is 5.32 Å². The van der Waals surface area contributed by atoms with Crippen LogP contribution in [0.4, 0.5) is 4.39 Å². The summed E-state index contributed by atoms with van der Waals surface area (Å²) in [7, 11) is 0. The Morgan fingerprint density at radius 2 is 2.07 bits per heavy atom. The van der Waals surface area contributed by atoms with Crippen molar-refractivity contribution in [2.45, 2.75) is 25.9 Å². The summed E-state index contributed by atoms with van der Waals surface area (Å²) in [5.74, 6) is -0.201. The number of nitrogens with one attached hydrogen (secondary N) is 1. The summed E-state index contributed by atoms with van der Waals surface area (Å²) < 4.78 is 13.1. The molecular formula is C11H17ClFNO. The van der Waals surface area contributed by atoms with Crippen molar-refractivity contribution in [3.05, 3.63) is 35.6 Å². The zero-order valence-electron chi connectivity index (χ0n) is 8.74. The van der Waals surface area contributed by atoms with Crippen LogP contribution in [-0.4, -0.2) is 17.8 Å². The molecule has 0 aliphatic rings.